The van der Waals surface area contributed by atoms with Crippen molar-refractivity contribution in [3.8, 4) is 5.75 Å². The van der Waals surface area contributed by atoms with Gasteiger partial charge in [0.1, 0.15) is 5.75 Å². The summed E-state index contributed by atoms with van der Waals surface area (Å²) in [4.78, 5) is 38.0. The third-order valence-corrected chi connectivity index (χ3v) is 5.06. The maximum atomic E-state index is 12.5. The van der Waals surface area contributed by atoms with E-state index in [4.69, 9.17) is 4.74 Å². The second-order valence-corrected chi connectivity index (χ2v) is 7.13. The minimum atomic E-state index is -0.357. The number of nitrogens with zero attached hydrogens (tertiary/aromatic N) is 1. The van der Waals surface area contributed by atoms with Crippen LogP contribution in [-0.4, -0.2) is 42.2 Å². The lowest BCUT2D eigenvalue weighted by molar-refractivity contribution is -0.123. The highest BCUT2D eigenvalue weighted by molar-refractivity contribution is 8.18. The van der Waals surface area contributed by atoms with Gasteiger partial charge < -0.3 is 10.1 Å². The van der Waals surface area contributed by atoms with E-state index in [1.54, 1.807) is 31.4 Å². The van der Waals surface area contributed by atoms with E-state index in [9.17, 15) is 14.4 Å². The van der Waals surface area contributed by atoms with E-state index in [0.717, 1.165) is 27.8 Å². The molecule has 2 aromatic carbocycles. The Morgan fingerprint density at radius 1 is 1.07 bits per heavy atom. The van der Waals surface area contributed by atoms with Crippen molar-refractivity contribution in [3.05, 3.63) is 76.7 Å². The zero-order valence-corrected chi connectivity index (χ0v) is 16.6. The molecule has 1 aliphatic heterocycles. The van der Waals surface area contributed by atoms with Gasteiger partial charge in [0.25, 0.3) is 11.1 Å². The first-order chi connectivity index (χ1) is 14.1. The number of ether oxygens (including phenoxy) is 1. The highest BCUT2D eigenvalue weighted by Gasteiger charge is 2.34. The molecule has 1 aliphatic rings. The van der Waals surface area contributed by atoms with E-state index in [1.165, 1.54) is 6.08 Å². The first kappa shape index (κ1) is 20.4. The third-order valence-electron chi connectivity index (χ3n) is 4.15. The molecule has 3 amide bonds. The summed E-state index contributed by atoms with van der Waals surface area (Å²) >= 11 is 0.894. The van der Waals surface area contributed by atoms with Crippen molar-refractivity contribution in [2.75, 3.05) is 20.2 Å². The van der Waals surface area contributed by atoms with Crippen LogP contribution in [0.5, 0.6) is 5.75 Å². The predicted molar refractivity (Wildman–Crippen MR) is 114 cm³/mol. The molecule has 2 aromatic rings. The molecule has 7 heteroatoms. The van der Waals surface area contributed by atoms with Gasteiger partial charge in [0, 0.05) is 19.2 Å². The Kier molecular flexibility index (Phi) is 6.86. The monoisotopic (exact) mass is 408 g/mol. The topological polar surface area (TPSA) is 75.7 Å². The molecule has 1 saturated heterocycles. The zero-order chi connectivity index (χ0) is 20.6. The van der Waals surface area contributed by atoms with E-state index >= 15 is 0 Å². The molecule has 0 bridgehead atoms. The number of thioether (sulfide) groups is 1. The SMILES string of the molecule is COc1ccc(C=C2SC(=O)N(CCNC(=O)C=Cc3ccccc3)C2=O)cc1. The van der Waals surface area contributed by atoms with Crippen LogP contribution in [0.2, 0.25) is 0 Å². The minimum Gasteiger partial charge on any atom is -0.497 e. The van der Waals surface area contributed by atoms with Crippen molar-refractivity contribution in [1.82, 2.24) is 10.2 Å². The van der Waals surface area contributed by atoms with Crippen LogP contribution < -0.4 is 10.1 Å². The molecule has 3 rings (SSSR count). The van der Waals surface area contributed by atoms with Gasteiger partial charge in [0.15, 0.2) is 0 Å². The van der Waals surface area contributed by atoms with Gasteiger partial charge in [0.2, 0.25) is 5.91 Å². The molecule has 0 unspecified atom stereocenters. The van der Waals surface area contributed by atoms with E-state index in [-0.39, 0.29) is 30.1 Å². The summed E-state index contributed by atoms with van der Waals surface area (Å²) in [5, 5.41) is 2.34. The highest BCUT2D eigenvalue weighted by Crippen LogP contribution is 2.32. The first-order valence-electron chi connectivity index (χ1n) is 8.97. The summed E-state index contributed by atoms with van der Waals surface area (Å²) < 4.78 is 5.11. The second kappa shape index (κ2) is 9.75. The molecule has 0 saturated carbocycles. The van der Waals surface area contributed by atoms with Crippen molar-refractivity contribution in [2.24, 2.45) is 0 Å². The summed E-state index contributed by atoms with van der Waals surface area (Å²) in [6.07, 6.45) is 4.80. The standard InChI is InChI=1S/C22H20N2O4S/c1-28-18-10-7-17(8-11-18)15-19-21(26)24(22(27)29-19)14-13-23-20(25)12-9-16-5-3-2-4-6-16/h2-12,15H,13-14H2,1H3,(H,23,25). The number of hydrogen-bond donors (Lipinski definition) is 1. The fourth-order valence-electron chi connectivity index (χ4n) is 2.63. The van der Waals surface area contributed by atoms with Gasteiger partial charge in [-0.1, -0.05) is 42.5 Å². The number of amides is 3. The average Bonchev–Trinajstić information content (AvgIpc) is 3.01. The fraction of sp³-hybridized carbons (Fsp3) is 0.136. The lowest BCUT2D eigenvalue weighted by atomic mass is 10.2. The maximum absolute atomic E-state index is 12.5. The van der Waals surface area contributed by atoms with E-state index in [1.807, 2.05) is 42.5 Å². The van der Waals surface area contributed by atoms with Crippen LogP contribution in [0.15, 0.2) is 65.6 Å². The second-order valence-electron chi connectivity index (χ2n) is 6.14. The molecule has 29 heavy (non-hydrogen) atoms. The maximum Gasteiger partial charge on any atom is 0.293 e. The predicted octanol–water partition coefficient (Wildman–Crippen LogP) is 3.56. The molecule has 1 heterocycles. The smallest absolute Gasteiger partial charge is 0.293 e. The lowest BCUT2D eigenvalue weighted by Crippen LogP contribution is -2.36. The number of methoxy groups -OCH3 is 1. The number of nitrogens with one attached hydrogen (secondary N) is 1. The van der Waals surface area contributed by atoms with Crippen molar-refractivity contribution in [3.63, 3.8) is 0 Å². The Bertz CT molecular complexity index is 953. The molecule has 1 fully saturated rings. The van der Waals surface area contributed by atoms with E-state index < -0.39 is 0 Å². The normalized spacial score (nSPS) is 15.3. The van der Waals surface area contributed by atoms with Gasteiger partial charge >= 0.3 is 0 Å². The van der Waals surface area contributed by atoms with Crippen LogP contribution in [0.4, 0.5) is 4.79 Å². The molecule has 6 nitrogen and oxygen atoms in total. The molecule has 0 aromatic heterocycles. The Labute approximate surface area is 173 Å². The van der Waals surface area contributed by atoms with Crippen molar-refractivity contribution in [2.45, 2.75) is 0 Å². The number of hydrogen-bond acceptors (Lipinski definition) is 5. The minimum absolute atomic E-state index is 0.121. The molecular formula is C22H20N2O4S. The van der Waals surface area contributed by atoms with Crippen LogP contribution in [0, 0.1) is 0 Å². The summed E-state index contributed by atoms with van der Waals surface area (Å²) in [6, 6.07) is 16.6. The Hall–Kier alpha value is -3.32. The number of imide groups is 1. The molecule has 0 radical (unpaired) electrons. The van der Waals surface area contributed by atoms with Crippen LogP contribution in [0.1, 0.15) is 11.1 Å². The van der Waals surface area contributed by atoms with Crippen LogP contribution in [0.25, 0.3) is 12.2 Å². The van der Waals surface area contributed by atoms with Gasteiger partial charge in [-0.3, -0.25) is 19.3 Å². The molecule has 0 aliphatic carbocycles. The lowest BCUT2D eigenvalue weighted by Gasteiger charge is -2.12. The molecule has 1 N–H and O–H groups in total. The molecule has 148 valence electrons. The van der Waals surface area contributed by atoms with Gasteiger partial charge in [-0.05, 0) is 47.2 Å². The summed E-state index contributed by atoms with van der Waals surface area (Å²) in [7, 11) is 1.58. The molecule has 0 atom stereocenters. The van der Waals surface area contributed by atoms with Crippen LogP contribution in [-0.2, 0) is 9.59 Å². The highest BCUT2D eigenvalue weighted by atomic mass is 32.2. The average molecular weight is 408 g/mol. The molecular weight excluding hydrogens is 388 g/mol. The van der Waals surface area contributed by atoms with Crippen molar-refractivity contribution in [1.29, 1.82) is 0 Å². The Balaban J connectivity index is 1.52. The fourth-order valence-corrected chi connectivity index (χ4v) is 3.50. The Morgan fingerprint density at radius 2 is 1.79 bits per heavy atom. The van der Waals surface area contributed by atoms with Gasteiger partial charge in [0.05, 0.1) is 12.0 Å². The van der Waals surface area contributed by atoms with E-state index in [0.29, 0.717) is 10.7 Å². The zero-order valence-electron chi connectivity index (χ0n) is 15.8. The van der Waals surface area contributed by atoms with E-state index in [2.05, 4.69) is 5.32 Å². The third kappa shape index (κ3) is 5.58. The van der Waals surface area contributed by atoms with Crippen LogP contribution >= 0.6 is 11.8 Å². The van der Waals surface area contributed by atoms with Crippen LogP contribution in [0.3, 0.4) is 0 Å². The van der Waals surface area contributed by atoms with Crippen molar-refractivity contribution >= 4 is 41.0 Å². The summed E-state index contributed by atoms with van der Waals surface area (Å²) in [5.74, 6) is 0.0757. The first-order valence-corrected chi connectivity index (χ1v) is 9.79. The number of benzene rings is 2. The largest absolute Gasteiger partial charge is 0.497 e. The Morgan fingerprint density at radius 3 is 2.48 bits per heavy atom. The quantitative estimate of drug-likeness (QED) is 0.709. The molecule has 0 spiro atoms. The number of rotatable bonds is 7. The number of carbonyl (C=O) groups is 3. The van der Waals surface area contributed by atoms with Gasteiger partial charge in [-0.25, -0.2) is 0 Å². The number of carbonyl (C=O) groups excluding carboxylic acids is 3. The van der Waals surface area contributed by atoms with Gasteiger partial charge in [-0.15, -0.1) is 0 Å². The summed E-state index contributed by atoms with van der Waals surface area (Å²) in [6.45, 7) is 0.307. The van der Waals surface area contributed by atoms with Crippen molar-refractivity contribution < 1.29 is 19.1 Å². The summed E-state index contributed by atoms with van der Waals surface area (Å²) in [5.41, 5.74) is 1.72. The van der Waals surface area contributed by atoms with Gasteiger partial charge in [-0.2, -0.15) is 0 Å².